The van der Waals surface area contributed by atoms with Crippen molar-refractivity contribution < 1.29 is 20.4 Å². The Hall–Kier alpha value is -2.62. The van der Waals surface area contributed by atoms with Crippen LogP contribution in [-0.2, 0) is 0 Å². The molecule has 0 bridgehead atoms. The number of rotatable bonds is 17. The van der Waals surface area contributed by atoms with Crippen LogP contribution in [0.15, 0.2) is 48.4 Å². The minimum atomic E-state index is -0.725. The van der Waals surface area contributed by atoms with Gasteiger partial charge in [-0.25, -0.2) is 0 Å². The van der Waals surface area contributed by atoms with Gasteiger partial charge in [0.1, 0.15) is 11.5 Å². The Morgan fingerprint density at radius 2 is 1.09 bits per heavy atom. The van der Waals surface area contributed by atoms with Gasteiger partial charge in [-0.05, 0) is 30.5 Å². The van der Waals surface area contributed by atoms with Gasteiger partial charge in [-0.2, -0.15) is 0 Å². The van der Waals surface area contributed by atoms with Gasteiger partial charge in [0.25, 0.3) is 5.95 Å². The molecule has 0 amide bonds. The van der Waals surface area contributed by atoms with E-state index in [4.69, 9.17) is 0 Å². The van der Waals surface area contributed by atoms with Crippen molar-refractivity contribution in [3.63, 3.8) is 0 Å². The van der Waals surface area contributed by atoms with Crippen LogP contribution in [0.5, 0.6) is 11.5 Å². The first kappa shape index (κ1) is 27.6. The summed E-state index contributed by atoms with van der Waals surface area (Å²) in [6.45, 7) is 2.26. The van der Waals surface area contributed by atoms with Crippen LogP contribution in [0.3, 0.4) is 0 Å². The van der Waals surface area contributed by atoms with E-state index in [0.717, 1.165) is 19.3 Å². The fourth-order valence-electron chi connectivity index (χ4n) is 4.62. The van der Waals surface area contributed by atoms with Gasteiger partial charge in [-0.3, -0.25) is 0 Å². The molecule has 0 radical (unpaired) electrons. The topological polar surface area (TPSA) is 80.9 Å². The van der Waals surface area contributed by atoms with Crippen molar-refractivity contribution in [1.29, 1.82) is 0 Å². The maximum atomic E-state index is 10.5. The first-order valence-electron chi connectivity index (χ1n) is 13.3. The summed E-state index contributed by atoms with van der Waals surface area (Å²) < 4.78 is 0. The highest BCUT2D eigenvalue weighted by atomic mass is 16.5. The van der Waals surface area contributed by atoms with Crippen LogP contribution >= 0.6 is 0 Å². The van der Waals surface area contributed by atoms with E-state index in [9.17, 15) is 20.4 Å². The number of allylic oxidation sites excluding steroid dienone is 1. The second-order valence-corrected chi connectivity index (χ2v) is 9.37. The van der Waals surface area contributed by atoms with Gasteiger partial charge in [0, 0.05) is 16.7 Å². The second kappa shape index (κ2) is 16.1. The highest BCUT2D eigenvalue weighted by Gasteiger charge is 2.19. The molecule has 0 saturated heterocycles. The number of unbranched alkanes of at least 4 members (excludes halogenated alkanes) is 13. The van der Waals surface area contributed by atoms with Crippen molar-refractivity contribution in [3.05, 3.63) is 54.0 Å². The molecule has 188 valence electrons. The summed E-state index contributed by atoms with van der Waals surface area (Å²) in [7, 11) is 0. The minimum Gasteiger partial charge on any atom is -0.507 e. The predicted molar refractivity (Wildman–Crippen MR) is 142 cm³/mol. The monoisotopic (exact) mass is 468 g/mol. The Kier molecular flexibility index (Phi) is 13.1. The van der Waals surface area contributed by atoms with Crippen LogP contribution in [0.2, 0.25) is 0 Å². The standard InChI is InChI=1S/C30H44O4/c1-2-3-4-5-6-7-8-9-10-11-12-13-14-15-19-25(30(33)34)24-21-18-23-28(32)29(24)26-20-16-17-22-27(26)31/h16-18,20-23,31-34H,2-15,19H2,1H3. The van der Waals surface area contributed by atoms with E-state index in [1.807, 2.05) is 0 Å². The molecule has 0 aromatic heterocycles. The third-order valence-electron chi connectivity index (χ3n) is 6.59. The zero-order chi connectivity index (χ0) is 24.6. The van der Waals surface area contributed by atoms with Gasteiger partial charge in [0.05, 0.1) is 0 Å². The first-order valence-corrected chi connectivity index (χ1v) is 13.3. The van der Waals surface area contributed by atoms with E-state index < -0.39 is 5.95 Å². The SMILES string of the molecule is CCCCCCCCCCCCCCCCC(=C(O)O)c1cccc(O)c1-c1ccccc1O. The number of aromatic hydroxyl groups is 2. The van der Waals surface area contributed by atoms with Gasteiger partial charge in [-0.1, -0.05) is 121 Å². The van der Waals surface area contributed by atoms with Crippen molar-refractivity contribution in [2.45, 2.75) is 103 Å². The fraction of sp³-hybridized carbons (Fsp3) is 0.533. The number of para-hydroxylation sites is 1. The van der Waals surface area contributed by atoms with E-state index in [1.54, 1.807) is 42.5 Å². The number of aliphatic hydroxyl groups excluding tert-OH is 1. The van der Waals surface area contributed by atoms with Gasteiger partial charge >= 0.3 is 0 Å². The zero-order valence-electron chi connectivity index (χ0n) is 20.9. The normalized spacial score (nSPS) is 11.0. The summed E-state index contributed by atoms with van der Waals surface area (Å²) in [6.07, 6.45) is 18.3. The lowest BCUT2D eigenvalue weighted by molar-refractivity contribution is 0.193. The van der Waals surface area contributed by atoms with Crippen LogP contribution in [0.25, 0.3) is 16.7 Å². The Labute approximate surface area is 206 Å². The molecular formula is C30H44O4. The molecule has 0 spiro atoms. The van der Waals surface area contributed by atoms with E-state index in [0.29, 0.717) is 28.7 Å². The molecule has 2 rings (SSSR count). The molecule has 0 aliphatic carbocycles. The molecule has 4 nitrogen and oxygen atoms in total. The van der Waals surface area contributed by atoms with Gasteiger partial charge in [0.15, 0.2) is 0 Å². The van der Waals surface area contributed by atoms with Gasteiger partial charge in [-0.15, -0.1) is 0 Å². The third-order valence-corrected chi connectivity index (χ3v) is 6.59. The summed E-state index contributed by atoms with van der Waals surface area (Å²) in [5.74, 6) is -0.686. The van der Waals surface area contributed by atoms with Crippen molar-refractivity contribution in [1.82, 2.24) is 0 Å². The van der Waals surface area contributed by atoms with Crippen molar-refractivity contribution in [2.24, 2.45) is 0 Å². The number of phenols is 2. The van der Waals surface area contributed by atoms with Crippen molar-refractivity contribution in [2.75, 3.05) is 0 Å². The molecule has 0 aliphatic heterocycles. The lowest BCUT2D eigenvalue weighted by Gasteiger charge is -2.16. The number of hydrogen-bond acceptors (Lipinski definition) is 4. The van der Waals surface area contributed by atoms with Gasteiger partial charge in [0.2, 0.25) is 0 Å². The molecule has 0 saturated carbocycles. The van der Waals surface area contributed by atoms with E-state index in [1.165, 1.54) is 70.6 Å². The van der Waals surface area contributed by atoms with E-state index >= 15 is 0 Å². The summed E-state index contributed by atoms with van der Waals surface area (Å²) in [5, 5.41) is 40.8. The average molecular weight is 469 g/mol. The Bertz CT molecular complexity index is 868. The predicted octanol–water partition coefficient (Wildman–Crippen LogP) is 9.42. The quantitative estimate of drug-likeness (QED) is 0.138. The number of aliphatic hydroxyl groups is 2. The molecule has 2 aromatic rings. The van der Waals surface area contributed by atoms with Crippen LogP contribution in [0, 0.1) is 0 Å². The molecule has 0 aliphatic rings. The molecule has 0 atom stereocenters. The second-order valence-electron chi connectivity index (χ2n) is 9.37. The molecule has 0 heterocycles. The molecule has 0 fully saturated rings. The molecule has 4 heteroatoms. The van der Waals surface area contributed by atoms with Crippen molar-refractivity contribution >= 4 is 5.57 Å². The summed E-state index contributed by atoms with van der Waals surface area (Å²) in [5.41, 5.74) is 1.82. The Morgan fingerprint density at radius 3 is 1.62 bits per heavy atom. The van der Waals surface area contributed by atoms with Crippen molar-refractivity contribution in [3.8, 4) is 22.6 Å². The lowest BCUT2D eigenvalue weighted by atomic mass is 9.90. The first-order chi connectivity index (χ1) is 16.6. The number of phenolic OH excluding ortho intramolecular Hbond substituents is 2. The fourth-order valence-corrected chi connectivity index (χ4v) is 4.62. The number of benzene rings is 2. The maximum absolute atomic E-state index is 10.5. The largest absolute Gasteiger partial charge is 0.507 e. The molecule has 0 unspecified atom stereocenters. The van der Waals surface area contributed by atoms with Crippen LogP contribution in [0.4, 0.5) is 0 Å². The van der Waals surface area contributed by atoms with Crippen LogP contribution < -0.4 is 0 Å². The molecule has 34 heavy (non-hydrogen) atoms. The maximum Gasteiger partial charge on any atom is 0.278 e. The number of hydrogen-bond donors (Lipinski definition) is 4. The minimum absolute atomic E-state index is 0.00120. The smallest absolute Gasteiger partial charge is 0.278 e. The summed E-state index contributed by atoms with van der Waals surface area (Å²) in [4.78, 5) is 0. The average Bonchev–Trinajstić information content (AvgIpc) is 2.82. The molecular weight excluding hydrogens is 424 g/mol. The zero-order valence-corrected chi connectivity index (χ0v) is 20.9. The molecule has 2 aromatic carbocycles. The Morgan fingerprint density at radius 1 is 0.588 bits per heavy atom. The summed E-state index contributed by atoms with van der Waals surface area (Å²) >= 11 is 0. The Balaban J connectivity index is 1.75. The lowest BCUT2D eigenvalue weighted by Crippen LogP contribution is -1.96. The molecule has 4 N–H and O–H groups in total. The van der Waals surface area contributed by atoms with Gasteiger partial charge < -0.3 is 20.4 Å². The highest BCUT2D eigenvalue weighted by molar-refractivity contribution is 5.87. The van der Waals surface area contributed by atoms with Crippen LogP contribution in [0.1, 0.15) is 109 Å². The van der Waals surface area contributed by atoms with Crippen LogP contribution in [-0.4, -0.2) is 20.4 Å². The summed E-state index contributed by atoms with van der Waals surface area (Å²) in [6, 6.07) is 11.8. The van der Waals surface area contributed by atoms with E-state index in [2.05, 4.69) is 6.92 Å². The van der Waals surface area contributed by atoms with E-state index in [-0.39, 0.29) is 11.5 Å². The third kappa shape index (κ3) is 9.32. The highest BCUT2D eigenvalue weighted by Crippen LogP contribution is 2.41.